The molecular formula is C8H10N3O2+. The molecule has 0 atom stereocenters. The van der Waals surface area contributed by atoms with E-state index in [2.05, 4.69) is 10.5 Å². The third-order valence-corrected chi connectivity index (χ3v) is 1.59. The van der Waals surface area contributed by atoms with Crippen molar-refractivity contribution in [2.45, 2.75) is 0 Å². The van der Waals surface area contributed by atoms with Crippen molar-refractivity contribution >= 4 is 5.69 Å². The maximum atomic E-state index is 8.36. The molecule has 0 aliphatic rings. The van der Waals surface area contributed by atoms with Crippen LogP contribution >= 0.6 is 0 Å². The molecule has 68 valence electrons. The summed E-state index contributed by atoms with van der Waals surface area (Å²) in [6.45, 7) is 0. The largest absolute Gasteiger partial charge is 0.494 e. The number of ether oxygens (including phenoxy) is 2. The Morgan fingerprint density at radius 1 is 1.23 bits per heavy atom. The van der Waals surface area contributed by atoms with E-state index in [0.29, 0.717) is 17.2 Å². The summed E-state index contributed by atoms with van der Waals surface area (Å²) in [7, 11) is 3.05. The Kier molecular flexibility index (Phi) is 2.92. The van der Waals surface area contributed by atoms with Crippen molar-refractivity contribution in [3.8, 4) is 11.5 Å². The molecule has 0 spiro atoms. The Morgan fingerprint density at radius 2 is 1.77 bits per heavy atom. The van der Waals surface area contributed by atoms with Crippen LogP contribution < -0.4 is 14.9 Å². The van der Waals surface area contributed by atoms with Crippen LogP contribution in [0.25, 0.3) is 5.08 Å². The smallest absolute Gasteiger partial charge is 0.308 e. The summed E-state index contributed by atoms with van der Waals surface area (Å²) in [6, 6.07) is 5.24. The van der Waals surface area contributed by atoms with Crippen LogP contribution in [0.5, 0.6) is 11.5 Å². The van der Waals surface area contributed by atoms with Gasteiger partial charge in [0, 0.05) is 0 Å². The second-order valence-electron chi connectivity index (χ2n) is 2.25. The SMILES string of the molecule is COc1cccc(OC)c1N[N+]#N. The van der Waals surface area contributed by atoms with Crippen LogP contribution in [0, 0.1) is 5.39 Å². The summed E-state index contributed by atoms with van der Waals surface area (Å²) in [6.07, 6.45) is 0. The van der Waals surface area contributed by atoms with E-state index in [4.69, 9.17) is 14.9 Å². The third kappa shape index (κ3) is 1.79. The number of nitrogens with one attached hydrogen (secondary N) is 1. The van der Waals surface area contributed by atoms with Gasteiger partial charge >= 0.3 is 5.08 Å². The Bertz CT molecular complexity index is 310. The molecule has 13 heavy (non-hydrogen) atoms. The van der Waals surface area contributed by atoms with E-state index < -0.39 is 0 Å². The van der Waals surface area contributed by atoms with E-state index in [1.165, 1.54) is 14.2 Å². The van der Waals surface area contributed by atoms with Gasteiger partial charge in [-0.1, -0.05) is 6.07 Å². The van der Waals surface area contributed by atoms with Crippen LogP contribution in [-0.2, 0) is 0 Å². The molecular weight excluding hydrogens is 170 g/mol. The number of para-hydroxylation sites is 1. The van der Waals surface area contributed by atoms with Gasteiger partial charge in [-0.2, -0.15) is 0 Å². The minimum absolute atomic E-state index is 0.495. The highest BCUT2D eigenvalue weighted by Crippen LogP contribution is 2.33. The van der Waals surface area contributed by atoms with Gasteiger partial charge < -0.3 is 9.47 Å². The Balaban J connectivity index is 3.14. The molecule has 5 nitrogen and oxygen atoms in total. The van der Waals surface area contributed by atoms with Crippen molar-refractivity contribution in [3.63, 3.8) is 0 Å². The zero-order valence-corrected chi connectivity index (χ0v) is 7.44. The highest BCUT2D eigenvalue weighted by atomic mass is 16.5. The lowest BCUT2D eigenvalue weighted by Gasteiger charge is -2.06. The van der Waals surface area contributed by atoms with Gasteiger partial charge in [-0.3, -0.25) is 0 Å². The van der Waals surface area contributed by atoms with Gasteiger partial charge in [-0.25, -0.2) is 0 Å². The number of nitrogens with zero attached hydrogens (tertiary/aromatic N) is 2. The normalized spacial score (nSPS) is 8.69. The molecule has 1 N–H and O–H groups in total. The highest BCUT2D eigenvalue weighted by molar-refractivity contribution is 5.66. The predicted molar refractivity (Wildman–Crippen MR) is 48.3 cm³/mol. The average molecular weight is 180 g/mol. The molecule has 0 aliphatic carbocycles. The first-order valence-corrected chi connectivity index (χ1v) is 3.64. The Labute approximate surface area is 75.9 Å². The van der Waals surface area contributed by atoms with Gasteiger partial charge in [0.2, 0.25) is 5.69 Å². The summed E-state index contributed by atoms with van der Waals surface area (Å²) < 4.78 is 10.1. The summed E-state index contributed by atoms with van der Waals surface area (Å²) in [4.78, 5) is 0. The minimum Gasteiger partial charge on any atom is -0.494 e. The highest BCUT2D eigenvalue weighted by Gasteiger charge is 2.13. The van der Waals surface area contributed by atoms with Crippen molar-refractivity contribution in [2.24, 2.45) is 0 Å². The molecule has 5 heteroatoms. The maximum Gasteiger partial charge on any atom is 0.308 e. The standard InChI is InChI=1S/C8H10N3O2/c1-12-6-4-3-5-7(13-2)8(6)10-11-9/h3-5,10H,1-2H3/q+1. The molecule has 1 aromatic carbocycles. The molecule has 0 fully saturated rings. The van der Waals surface area contributed by atoms with E-state index >= 15 is 0 Å². The fraction of sp³-hybridized carbons (Fsp3) is 0.250. The minimum atomic E-state index is 0.495. The average Bonchev–Trinajstić information content (AvgIpc) is 2.18. The predicted octanol–water partition coefficient (Wildman–Crippen LogP) is 1.88. The van der Waals surface area contributed by atoms with Gasteiger partial charge in [0.25, 0.3) is 5.39 Å². The number of benzene rings is 1. The molecule has 0 amide bonds. The fourth-order valence-corrected chi connectivity index (χ4v) is 1.01. The van der Waals surface area contributed by atoms with Crippen molar-refractivity contribution in [3.05, 3.63) is 23.3 Å². The second-order valence-corrected chi connectivity index (χ2v) is 2.25. The number of anilines is 1. The first-order valence-electron chi connectivity index (χ1n) is 3.64. The van der Waals surface area contributed by atoms with Crippen molar-refractivity contribution in [1.82, 2.24) is 0 Å². The van der Waals surface area contributed by atoms with Gasteiger partial charge in [-0.05, 0) is 17.6 Å². The molecule has 0 aromatic heterocycles. The number of diazo groups is 1. The molecule has 0 aliphatic heterocycles. The third-order valence-electron chi connectivity index (χ3n) is 1.59. The second kappa shape index (κ2) is 4.16. The van der Waals surface area contributed by atoms with E-state index in [-0.39, 0.29) is 0 Å². The van der Waals surface area contributed by atoms with E-state index in [1.54, 1.807) is 18.2 Å². The Morgan fingerprint density at radius 3 is 2.15 bits per heavy atom. The molecule has 1 aromatic rings. The molecule has 0 unspecified atom stereocenters. The van der Waals surface area contributed by atoms with Gasteiger partial charge in [0.15, 0.2) is 11.5 Å². The molecule has 0 saturated heterocycles. The van der Waals surface area contributed by atoms with Crippen LogP contribution in [0.15, 0.2) is 18.2 Å². The number of hydrogen-bond donors (Lipinski definition) is 1. The van der Waals surface area contributed by atoms with Gasteiger partial charge in [0.05, 0.1) is 14.2 Å². The van der Waals surface area contributed by atoms with Crippen LogP contribution in [0.2, 0.25) is 0 Å². The maximum absolute atomic E-state index is 8.36. The summed E-state index contributed by atoms with van der Waals surface area (Å²) in [5.74, 6) is 1.11. The van der Waals surface area contributed by atoms with Crippen molar-refractivity contribution in [1.29, 1.82) is 5.39 Å². The topological polar surface area (TPSA) is 58.6 Å². The number of hydrogen-bond acceptors (Lipinski definition) is 4. The first-order chi connectivity index (χ1) is 6.33. The molecule has 0 saturated carbocycles. The number of rotatable bonds is 3. The lowest BCUT2D eigenvalue weighted by atomic mass is 10.3. The van der Waals surface area contributed by atoms with Crippen LogP contribution in [0.1, 0.15) is 0 Å². The van der Waals surface area contributed by atoms with Crippen LogP contribution in [0.3, 0.4) is 0 Å². The number of methoxy groups -OCH3 is 2. The Hall–Kier alpha value is -1.96. The summed E-state index contributed by atoms with van der Waals surface area (Å²) in [5.41, 5.74) is 2.87. The van der Waals surface area contributed by atoms with Crippen molar-refractivity contribution in [2.75, 3.05) is 19.6 Å². The van der Waals surface area contributed by atoms with Crippen LogP contribution in [0.4, 0.5) is 5.69 Å². The summed E-state index contributed by atoms with van der Waals surface area (Å²) >= 11 is 0. The van der Waals surface area contributed by atoms with Crippen molar-refractivity contribution < 1.29 is 9.47 Å². The summed E-state index contributed by atoms with van der Waals surface area (Å²) in [5, 5.41) is 11.2. The lowest BCUT2D eigenvalue weighted by Crippen LogP contribution is -1.95. The van der Waals surface area contributed by atoms with E-state index in [0.717, 1.165) is 0 Å². The lowest BCUT2D eigenvalue weighted by molar-refractivity contribution is 0.398. The molecule has 0 heterocycles. The quantitative estimate of drug-likeness (QED) is 0.570. The molecule has 0 bridgehead atoms. The van der Waals surface area contributed by atoms with Gasteiger partial charge in [-0.15, -0.1) is 0 Å². The monoisotopic (exact) mass is 180 g/mol. The molecule has 1 rings (SSSR count). The molecule has 0 radical (unpaired) electrons. The van der Waals surface area contributed by atoms with E-state index in [1.807, 2.05) is 0 Å². The zero-order chi connectivity index (χ0) is 9.68. The van der Waals surface area contributed by atoms with E-state index in [9.17, 15) is 0 Å². The van der Waals surface area contributed by atoms with Gasteiger partial charge in [0.1, 0.15) is 0 Å². The first kappa shape index (κ1) is 9.13. The van der Waals surface area contributed by atoms with Crippen LogP contribution in [-0.4, -0.2) is 14.2 Å². The fourth-order valence-electron chi connectivity index (χ4n) is 1.01. The zero-order valence-electron chi connectivity index (χ0n) is 7.44.